The molecule has 1 fully saturated rings. The number of nitrogens with one attached hydrogen (secondary N) is 1. The maximum absolute atomic E-state index is 11.5. The van der Waals surface area contributed by atoms with Gasteiger partial charge in [-0.3, -0.25) is 4.79 Å². The molecule has 1 heterocycles. The zero-order chi connectivity index (χ0) is 14.5. The third-order valence-electron chi connectivity index (χ3n) is 4.82. The first-order valence-corrected chi connectivity index (χ1v) is 7.39. The van der Waals surface area contributed by atoms with Crippen molar-refractivity contribution in [1.29, 1.82) is 0 Å². The van der Waals surface area contributed by atoms with Crippen LogP contribution in [0.4, 0.5) is 0 Å². The zero-order valence-electron chi connectivity index (χ0n) is 12.5. The van der Waals surface area contributed by atoms with Crippen LogP contribution in [0.25, 0.3) is 0 Å². The minimum Gasteiger partial charge on any atom is -0.364 e. The monoisotopic (exact) mass is 273 g/mol. The summed E-state index contributed by atoms with van der Waals surface area (Å²) in [4.78, 5) is 16.0. The lowest BCUT2D eigenvalue weighted by atomic mass is 9.90. The van der Waals surface area contributed by atoms with E-state index in [0.29, 0.717) is 5.69 Å². The minimum atomic E-state index is -0.436. The molecule has 2 aliphatic carbocycles. The maximum Gasteiger partial charge on any atom is 0.267 e. The van der Waals surface area contributed by atoms with E-state index in [4.69, 9.17) is 5.73 Å². The molecule has 1 amide bonds. The lowest BCUT2D eigenvalue weighted by Crippen LogP contribution is -2.28. The third kappa shape index (κ3) is 2.33. The largest absolute Gasteiger partial charge is 0.364 e. The molecule has 20 heavy (non-hydrogen) atoms. The van der Waals surface area contributed by atoms with E-state index < -0.39 is 5.91 Å². The summed E-state index contributed by atoms with van der Waals surface area (Å²) in [6.45, 7) is 7.43. The first-order chi connectivity index (χ1) is 9.31. The number of primary amides is 1. The van der Waals surface area contributed by atoms with Crippen LogP contribution in [0.2, 0.25) is 0 Å². The molecule has 0 saturated heterocycles. The summed E-state index contributed by atoms with van der Waals surface area (Å²) >= 11 is 0. The van der Waals surface area contributed by atoms with Gasteiger partial charge in [-0.2, -0.15) is 0 Å². The third-order valence-corrected chi connectivity index (χ3v) is 4.82. The molecule has 0 spiro atoms. The highest BCUT2D eigenvalue weighted by atomic mass is 16.1. The van der Waals surface area contributed by atoms with Crippen molar-refractivity contribution in [3.8, 4) is 0 Å². The number of fused-ring (bicyclic) bond motifs is 1. The number of hydrogen-bond acceptors (Lipinski definition) is 3. The maximum atomic E-state index is 11.5. The SMILES string of the molecule is CC1(NCc2cc(C(N)=O)nc3c2CCC3(C)C)CC1. The van der Waals surface area contributed by atoms with Gasteiger partial charge in [0.15, 0.2) is 0 Å². The van der Waals surface area contributed by atoms with Crippen LogP contribution in [0.5, 0.6) is 0 Å². The van der Waals surface area contributed by atoms with Crippen LogP contribution >= 0.6 is 0 Å². The van der Waals surface area contributed by atoms with Gasteiger partial charge in [-0.1, -0.05) is 13.8 Å². The Kier molecular flexibility index (Phi) is 2.91. The Hall–Kier alpha value is -1.42. The summed E-state index contributed by atoms with van der Waals surface area (Å²) in [6, 6.07) is 1.88. The average Bonchev–Trinajstić information content (AvgIpc) is 3.03. The number of pyridine rings is 1. The zero-order valence-corrected chi connectivity index (χ0v) is 12.5. The van der Waals surface area contributed by atoms with Crippen molar-refractivity contribution in [2.75, 3.05) is 0 Å². The molecule has 0 aromatic carbocycles. The van der Waals surface area contributed by atoms with Gasteiger partial charge in [-0.15, -0.1) is 0 Å². The number of aromatic nitrogens is 1. The van der Waals surface area contributed by atoms with Crippen LogP contribution in [-0.4, -0.2) is 16.4 Å². The van der Waals surface area contributed by atoms with E-state index in [0.717, 1.165) is 25.1 Å². The molecular formula is C16H23N3O. The van der Waals surface area contributed by atoms with Gasteiger partial charge >= 0.3 is 0 Å². The lowest BCUT2D eigenvalue weighted by molar-refractivity contribution is 0.0995. The van der Waals surface area contributed by atoms with E-state index in [9.17, 15) is 4.79 Å². The number of hydrogen-bond donors (Lipinski definition) is 2. The second kappa shape index (κ2) is 4.29. The van der Waals surface area contributed by atoms with Crippen molar-refractivity contribution < 1.29 is 4.79 Å². The van der Waals surface area contributed by atoms with Gasteiger partial charge in [-0.25, -0.2) is 4.98 Å². The molecular weight excluding hydrogens is 250 g/mol. The van der Waals surface area contributed by atoms with Crippen LogP contribution in [0.15, 0.2) is 6.07 Å². The molecule has 3 N–H and O–H groups in total. The molecule has 4 nitrogen and oxygen atoms in total. The second-order valence-corrected chi connectivity index (χ2v) is 7.16. The molecule has 0 aliphatic heterocycles. The fraction of sp³-hybridized carbons (Fsp3) is 0.625. The van der Waals surface area contributed by atoms with Crippen molar-refractivity contribution in [1.82, 2.24) is 10.3 Å². The van der Waals surface area contributed by atoms with Crippen molar-refractivity contribution in [2.45, 2.75) is 64.0 Å². The van der Waals surface area contributed by atoms with E-state index in [1.165, 1.54) is 24.0 Å². The van der Waals surface area contributed by atoms with Crippen LogP contribution in [0.3, 0.4) is 0 Å². The quantitative estimate of drug-likeness (QED) is 0.882. The molecule has 108 valence electrons. The highest BCUT2D eigenvalue weighted by Gasteiger charge is 2.38. The fourth-order valence-electron chi connectivity index (χ4n) is 2.98. The van der Waals surface area contributed by atoms with Gasteiger partial charge in [0.25, 0.3) is 5.91 Å². The highest BCUT2D eigenvalue weighted by molar-refractivity contribution is 5.91. The van der Waals surface area contributed by atoms with E-state index in [1.54, 1.807) is 0 Å². The summed E-state index contributed by atoms with van der Waals surface area (Å²) in [5.74, 6) is -0.436. The van der Waals surface area contributed by atoms with Gasteiger partial charge in [0.05, 0.1) is 5.69 Å². The van der Waals surface area contributed by atoms with E-state index >= 15 is 0 Å². The first kappa shape index (κ1) is 13.6. The topological polar surface area (TPSA) is 68.0 Å². The van der Waals surface area contributed by atoms with Crippen molar-refractivity contribution in [2.24, 2.45) is 5.73 Å². The fourth-order valence-corrected chi connectivity index (χ4v) is 2.98. The van der Waals surface area contributed by atoms with Gasteiger partial charge in [0.1, 0.15) is 5.69 Å². The summed E-state index contributed by atoms with van der Waals surface area (Å²) in [5, 5.41) is 3.59. The number of carbonyl (C=O) groups is 1. The molecule has 0 bridgehead atoms. The van der Waals surface area contributed by atoms with Gasteiger partial charge in [0.2, 0.25) is 0 Å². The van der Waals surface area contributed by atoms with Crippen LogP contribution in [-0.2, 0) is 18.4 Å². The van der Waals surface area contributed by atoms with E-state index in [1.807, 2.05) is 6.07 Å². The Morgan fingerprint density at radius 3 is 2.65 bits per heavy atom. The lowest BCUT2D eigenvalue weighted by Gasteiger charge is -2.20. The average molecular weight is 273 g/mol. The summed E-state index contributed by atoms with van der Waals surface area (Å²) in [5.41, 5.74) is 9.74. The standard InChI is InChI=1S/C16H23N3O/c1-15(2)5-4-11-10(9-18-16(3)6-7-16)8-12(14(17)20)19-13(11)15/h8,18H,4-7,9H2,1-3H3,(H2,17,20). The molecule has 0 atom stereocenters. The van der Waals surface area contributed by atoms with E-state index in [2.05, 4.69) is 31.1 Å². The number of nitrogens with zero attached hydrogens (tertiary/aromatic N) is 1. The van der Waals surface area contributed by atoms with Crippen molar-refractivity contribution in [3.05, 3.63) is 28.6 Å². The van der Waals surface area contributed by atoms with E-state index in [-0.39, 0.29) is 11.0 Å². The first-order valence-electron chi connectivity index (χ1n) is 7.39. The molecule has 0 radical (unpaired) electrons. The van der Waals surface area contributed by atoms with Crippen molar-refractivity contribution >= 4 is 5.91 Å². The minimum absolute atomic E-state index is 0.0407. The van der Waals surface area contributed by atoms with Crippen LogP contribution in [0, 0.1) is 0 Å². The highest BCUT2D eigenvalue weighted by Crippen LogP contribution is 2.40. The predicted molar refractivity (Wildman–Crippen MR) is 78.6 cm³/mol. The second-order valence-electron chi connectivity index (χ2n) is 7.16. The van der Waals surface area contributed by atoms with Gasteiger partial charge in [-0.05, 0) is 49.8 Å². The molecule has 2 aliphatic rings. The molecule has 1 saturated carbocycles. The Labute approximate surface area is 120 Å². The summed E-state index contributed by atoms with van der Waals surface area (Å²) in [7, 11) is 0. The number of nitrogens with two attached hydrogens (primary N) is 1. The van der Waals surface area contributed by atoms with Crippen LogP contribution < -0.4 is 11.1 Å². The number of amides is 1. The Bertz CT molecular complexity index is 573. The molecule has 1 aromatic rings. The smallest absolute Gasteiger partial charge is 0.267 e. The molecule has 3 rings (SSSR count). The Morgan fingerprint density at radius 1 is 1.35 bits per heavy atom. The summed E-state index contributed by atoms with van der Waals surface area (Å²) < 4.78 is 0. The molecule has 4 heteroatoms. The van der Waals surface area contributed by atoms with Crippen molar-refractivity contribution in [3.63, 3.8) is 0 Å². The number of carbonyl (C=O) groups excluding carboxylic acids is 1. The van der Waals surface area contributed by atoms with Crippen LogP contribution in [0.1, 0.15) is 67.3 Å². The molecule has 0 unspecified atom stereocenters. The van der Waals surface area contributed by atoms with Gasteiger partial charge in [0, 0.05) is 17.5 Å². The molecule has 1 aromatic heterocycles. The Balaban J connectivity index is 1.97. The normalized spacial score (nSPS) is 21.6. The van der Waals surface area contributed by atoms with Gasteiger partial charge < -0.3 is 11.1 Å². The summed E-state index contributed by atoms with van der Waals surface area (Å²) in [6.07, 6.45) is 4.59. The number of rotatable bonds is 4. The Morgan fingerprint density at radius 2 is 2.05 bits per heavy atom. The predicted octanol–water partition coefficient (Wildman–Crippen LogP) is 2.05.